The lowest BCUT2D eigenvalue weighted by atomic mass is 10.1. The smallest absolute Gasteiger partial charge is 0.267 e. The van der Waals surface area contributed by atoms with Crippen LogP contribution in [0.25, 0.3) is 0 Å². The topological polar surface area (TPSA) is 48.0 Å². The molecule has 0 saturated heterocycles. The molecule has 2 aromatic rings. The zero-order valence-electron chi connectivity index (χ0n) is 15.1. The number of likely N-dealkylation sites (N-methyl/N-ethyl adjacent to an activating group) is 1. The number of hydrogen-bond acceptors (Lipinski definition) is 4. The molecule has 0 saturated carbocycles. The Kier molecular flexibility index (Phi) is 5.46. The van der Waals surface area contributed by atoms with E-state index in [9.17, 15) is 4.79 Å². The molecule has 0 spiro atoms. The fourth-order valence-corrected chi connectivity index (χ4v) is 2.81. The molecule has 0 fully saturated rings. The Morgan fingerprint density at radius 1 is 1.15 bits per heavy atom. The van der Waals surface area contributed by atoms with E-state index in [4.69, 9.17) is 14.2 Å². The van der Waals surface area contributed by atoms with Crippen LogP contribution in [0.1, 0.15) is 12.5 Å². The van der Waals surface area contributed by atoms with E-state index in [0.29, 0.717) is 24.7 Å². The van der Waals surface area contributed by atoms with E-state index >= 15 is 0 Å². The van der Waals surface area contributed by atoms with E-state index in [1.807, 2.05) is 55.5 Å². The van der Waals surface area contributed by atoms with Gasteiger partial charge in [0.15, 0.2) is 11.5 Å². The van der Waals surface area contributed by atoms with Crippen LogP contribution in [0.15, 0.2) is 61.2 Å². The molecule has 136 valence electrons. The Bertz CT molecular complexity index is 772. The highest BCUT2D eigenvalue weighted by atomic mass is 16.6. The average Bonchev–Trinajstić information content (AvgIpc) is 2.66. The number of carbonyl (C=O) groups is 1. The Morgan fingerprint density at radius 3 is 2.46 bits per heavy atom. The third-order valence-electron chi connectivity index (χ3n) is 4.17. The first kappa shape index (κ1) is 17.9. The van der Waals surface area contributed by atoms with Gasteiger partial charge in [0.25, 0.3) is 5.91 Å². The second-order valence-corrected chi connectivity index (χ2v) is 6.25. The number of benzene rings is 2. The molecule has 26 heavy (non-hydrogen) atoms. The molecule has 0 aromatic heterocycles. The third kappa shape index (κ3) is 3.99. The van der Waals surface area contributed by atoms with Crippen LogP contribution in [-0.4, -0.2) is 36.7 Å². The monoisotopic (exact) mass is 353 g/mol. The number of fused-ring (bicyclic) bond motifs is 1. The lowest BCUT2D eigenvalue weighted by molar-refractivity contribution is -0.143. The van der Waals surface area contributed by atoms with E-state index in [1.54, 1.807) is 18.0 Å². The summed E-state index contributed by atoms with van der Waals surface area (Å²) < 4.78 is 17.2. The van der Waals surface area contributed by atoms with Crippen LogP contribution in [0.4, 0.5) is 0 Å². The van der Waals surface area contributed by atoms with E-state index in [0.717, 1.165) is 11.3 Å². The maximum Gasteiger partial charge on any atom is 0.267 e. The van der Waals surface area contributed by atoms with E-state index in [1.165, 1.54) is 0 Å². The Hall–Kier alpha value is -2.95. The van der Waals surface area contributed by atoms with Gasteiger partial charge in [-0.1, -0.05) is 36.9 Å². The van der Waals surface area contributed by atoms with Crippen molar-refractivity contribution in [3.05, 3.63) is 66.7 Å². The van der Waals surface area contributed by atoms with Crippen molar-refractivity contribution >= 4 is 5.91 Å². The SMILES string of the molecule is C=CCOc1ccc(CN(C)C(=O)[C@H]2Oc3ccccc3O[C@@H]2C)cc1. The normalized spacial score (nSPS) is 18.1. The van der Waals surface area contributed by atoms with Crippen molar-refractivity contribution in [2.24, 2.45) is 0 Å². The van der Waals surface area contributed by atoms with Crippen molar-refractivity contribution in [3.8, 4) is 17.2 Å². The minimum atomic E-state index is -0.662. The lowest BCUT2D eigenvalue weighted by Gasteiger charge is -2.33. The van der Waals surface area contributed by atoms with Gasteiger partial charge in [-0.25, -0.2) is 0 Å². The molecule has 5 heteroatoms. The summed E-state index contributed by atoms with van der Waals surface area (Å²) in [6, 6.07) is 15.0. The van der Waals surface area contributed by atoms with Crippen LogP contribution in [0.2, 0.25) is 0 Å². The molecule has 3 rings (SSSR count). The average molecular weight is 353 g/mol. The summed E-state index contributed by atoms with van der Waals surface area (Å²) in [5.41, 5.74) is 1.01. The molecule has 0 unspecified atom stereocenters. The molecule has 1 heterocycles. The van der Waals surface area contributed by atoms with Crippen LogP contribution >= 0.6 is 0 Å². The second-order valence-electron chi connectivity index (χ2n) is 6.25. The van der Waals surface area contributed by atoms with E-state index in [-0.39, 0.29) is 12.0 Å². The van der Waals surface area contributed by atoms with Crippen molar-refractivity contribution in [1.82, 2.24) is 4.90 Å². The van der Waals surface area contributed by atoms with Crippen LogP contribution in [0, 0.1) is 0 Å². The highest BCUT2D eigenvalue weighted by Gasteiger charge is 2.35. The number of ether oxygens (including phenoxy) is 3. The third-order valence-corrected chi connectivity index (χ3v) is 4.17. The van der Waals surface area contributed by atoms with Crippen molar-refractivity contribution < 1.29 is 19.0 Å². The summed E-state index contributed by atoms with van der Waals surface area (Å²) in [7, 11) is 1.76. The molecule has 1 aliphatic heterocycles. The molecular weight excluding hydrogens is 330 g/mol. The number of rotatable bonds is 6. The van der Waals surface area contributed by atoms with Gasteiger partial charge in [0.1, 0.15) is 18.5 Å². The maximum absolute atomic E-state index is 12.8. The number of nitrogens with zero attached hydrogens (tertiary/aromatic N) is 1. The quantitative estimate of drug-likeness (QED) is 0.747. The van der Waals surface area contributed by atoms with E-state index < -0.39 is 6.10 Å². The van der Waals surface area contributed by atoms with Crippen molar-refractivity contribution in [1.29, 1.82) is 0 Å². The lowest BCUT2D eigenvalue weighted by Crippen LogP contribution is -2.49. The predicted molar refractivity (Wildman–Crippen MR) is 99.6 cm³/mol. The summed E-state index contributed by atoms with van der Waals surface area (Å²) in [5, 5.41) is 0. The van der Waals surface area contributed by atoms with Crippen molar-refractivity contribution in [3.63, 3.8) is 0 Å². The van der Waals surface area contributed by atoms with Gasteiger partial charge in [0.05, 0.1) is 0 Å². The summed E-state index contributed by atoms with van der Waals surface area (Å²) in [5.74, 6) is 1.93. The highest BCUT2D eigenvalue weighted by Crippen LogP contribution is 2.33. The van der Waals surface area contributed by atoms with Gasteiger partial charge in [0, 0.05) is 13.6 Å². The number of amides is 1. The Morgan fingerprint density at radius 2 is 1.81 bits per heavy atom. The molecule has 0 radical (unpaired) electrons. The summed E-state index contributed by atoms with van der Waals surface area (Å²) >= 11 is 0. The van der Waals surface area contributed by atoms with Gasteiger partial charge in [-0.3, -0.25) is 4.79 Å². The molecule has 0 aliphatic carbocycles. The Balaban J connectivity index is 1.63. The summed E-state index contributed by atoms with van der Waals surface area (Å²) in [6.45, 7) is 6.42. The van der Waals surface area contributed by atoms with E-state index in [2.05, 4.69) is 6.58 Å². The molecule has 2 atom stereocenters. The minimum absolute atomic E-state index is 0.112. The van der Waals surface area contributed by atoms with Gasteiger partial charge < -0.3 is 19.1 Å². The zero-order valence-corrected chi connectivity index (χ0v) is 15.1. The molecule has 0 N–H and O–H groups in total. The molecule has 1 aliphatic rings. The Labute approximate surface area is 153 Å². The van der Waals surface area contributed by atoms with Crippen LogP contribution in [-0.2, 0) is 11.3 Å². The number of carbonyl (C=O) groups excluding carboxylic acids is 1. The van der Waals surface area contributed by atoms with Crippen LogP contribution in [0.3, 0.4) is 0 Å². The maximum atomic E-state index is 12.8. The number of para-hydroxylation sites is 2. The largest absolute Gasteiger partial charge is 0.490 e. The standard InChI is InChI=1S/C21H23NO4/c1-4-13-24-17-11-9-16(10-12-17)14-22(3)21(23)20-15(2)25-18-7-5-6-8-19(18)26-20/h4-12,15,20H,1,13-14H2,2-3H3/t15-,20+/m1/s1. The first-order valence-electron chi connectivity index (χ1n) is 8.58. The zero-order chi connectivity index (χ0) is 18.5. The molecule has 5 nitrogen and oxygen atoms in total. The molecule has 0 bridgehead atoms. The van der Waals surface area contributed by atoms with Crippen molar-refractivity contribution in [2.45, 2.75) is 25.7 Å². The highest BCUT2D eigenvalue weighted by molar-refractivity contribution is 5.82. The second kappa shape index (κ2) is 7.95. The molecular formula is C21H23NO4. The van der Waals surface area contributed by atoms with Gasteiger partial charge >= 0.3 is 0 Å². The van der Waals surface area contributed by atoms with Crippen molar-refractivity contribution in [2.75, 3.05) is 13.7 Å². The van der Waals surface area contributed by atoms with Crippen LogP contribution < -0.4 is 14.2 Å². The van der Waals surface area contributed by atoms with Gasteiger partial charge in [0.2, 0.25) is 6.10 Å². The van der Waals surface area contributed by atoms with Gasteiger partial charge in [-0.2, -0.15) is 0 Å². The summed E-state index contributed by atoms with van der Waals surface area (Å²) in [6.07, 6.45) is 0.686. The van der Waals surface area contributed by atoms with Gasteiger partial charge in [-0.05, 0) is 36.8 Å². The van der Waals surface area contributed by atoms with Crippen LogP contribution in [0.5, 0.6) is 17.2 Å². The fraction of sp³-hybridized carbons (Fsp3) is 0.286. The first-order valence-corrected chi connectivity index (χ1v) is 8.58. The predicted octanol–water partition coefficient (Wildman–Crippen LogP) is 3.44. The fourth-order valence-electron chi connectivity index (χ4n) is 2.81. The first-order chi connectivity index (χ1) is 12.6. The molecule has 2 aromatic carbocycles. The molecule has 1 amide bonds. The van der Waals surface area contributed by atoms with Gasteiger partial charge in [-0.15, -0.1) is 0 Å². The minimum Gasteiger partial charge on any atom is -0.490 e. The summed E-state index contributed by atoms with van der Waals surface area (Å²) in [4.78, 5) is 14.5. The number of hydrogen-bond donors (Lipinski definition) is 0.